The van der Waals surface area contributed by atoms with E-state index in [2.05, 4.69) is 0 Å². The quantitative estimate of drug-likeness (QED) is 0.246. The van der Waals surface area contributed by atoms with E-state index in [1.54, 1.807) is 52.7 Å². The fourth-order valence-electron chi connectivity index (χ4n) is 6.48. The van der Waals surface area contributed by atoms with E-state index in [1.807, 2.05) is 34.1 Å². The Labute approximate surface area is 255 Å². The van der Waals surface area contributed by atoms with Gasteiger partial charge in [-0.15, -0.1) is 0 Å². The van der Waals surface area contributed by atoms with Crippen LogP contribution >= 0.6 is 0 Å². The Kier molecular flexibility index (Phi) is 8.03. The Hall–Kier alpha value is -4.79. The number of fused-ring (bicyclic) bond motifs is 2. The number of rotatable bonds is 6. The van der Waals surface area contributed by atoms with Gasteiger partial charge in [0.25, 0.3) is 0 Å². The fraction of sp³-hybridized carbons (Fsp3) is 0.286. The van der Waals surface area contributed by atoms with Crippen molar-refractivity contribution in [2.75, 3.05) is 41.5 Å². The molecule has 2 atom stereocenters. The highest BCUT2D eigenvalue weighted by Crippen LogP contribution is 2.45. The molecule has 2 aliphatic rings. The number of ether oxygens (including phenoxy) is 4. The van der Waals surface area contributed by atoms with Gasteiger partial charge in [-0.05, 0) is 94.8 Å². The minimum atomic E-state index is -0.507. The summed E-state index contributed by atoms with van der Waals surface area (Å²) >= 11 is 0. The van der Waals surface area contributed by atoms with Crippen molar-refractivity contribution < 1.29 is 32.5 Å². The van der Waals surface area contributed by atoms with E-state index in [0.29, 0.717) is 48.9 Å². The van der Waals surface area contributed by atoms with Gasteiger partial charge in [-0.2, -0.15) is 0 Å². The van der Waals surface area contributed by atoms with Gasteiger partial charge < -0.3 is 28.7 Å². The van der Waals surface area contributed by atoms with Gasteiger partial charge in [0.05, 0.1) is 40.5 Å². The van der Waals surface area contributed by atoms with Crippen molar-refractivity contribution in [3.63, 3.8) is 0 Å². The van der Waals surface area contributed by atoms with Crippen molar-refractivity contribution in [2.24, 2.45) is 0 Å². The maximum Gasteiger partial charge on any atom is 0.321 e. The van der Waals surface area contributed by atoms with Crippen LogP contribution in [0, 0.1) is 11.6 Å². The molecule has 6 rings (SSSR count). The number of hydrogen-bond acceptors (Lipinski definition) is 5. The summed E-state index contributed by atoms with van der Waals surface area (Å²) in [7, 11) is 6.33. The summed E-state index contributed by atoms with van der Waals surface area (Å²) in [5.74, 6) is 1.59. The van der Waals surface area contributed by atoms with Crippen LogP contribution in [0.15, 0.2) is 72.8 Å². The van der Waals surface area contributed by atoms with Crippen molar-refractivity contribution in [1.82, 2.24) is 9.80 Å². The van der Waals surface area contributed by atoms with Crippen LogP contribution in [0.5, 0.6) is 23.0 Å². The monoisotopic (exact) mass is 600 g/mol. The van der Waals surface area contributed by atoms with E-state index in [0.717, 1.165) is 33.4 Å². The molecule has 7 nitrogen and oxygen atoms in total. The maximum absolute atomic E-state index is 14.8. The van der Waals surface area contributed by atoms with Crippen LogP contribution < -0.4 is 18.9 Å². The SMILES string of the molecule is COc1cc2c(cc1OC)[C@@H](c1ccc(F)cc1)N(C(=O)N1CCc3cc(OC)c(OC)cc3[C@@H]1c1ccc(F)cc1)CC2. The molecular weight excluding hydrogens is 566 g/mol. The van der Waals surface area contributed by atoms with Crippen molar-refractivity contribution in [3.05, 3.63) is 118 Å². The van der Waals surface area contributed by atoms with Crippen molar-refractivity contribution >= 4 is 6.03 Å². The van der Waals surface area contributed by atoms with Crippen LogP contribution in [0.3, 0.4) is 0 Å². The molecule has 0 aromatic heterocycles. The second-order valence-electron chi connectivity index (χ2n) is 10.9. The minimum absolute atomic E-state index is 0.186. The third-order valence-corrected chi connectivity index (χ3v) is 8.61. The molecule has 4 aromatic carbocycles. The number of amides is 2. The first-order chi connectivity index (χ1) is 21.4. The first-order valence-electron chi connectivity index (χ1n) is 14.4. The van der Waals surface area contributed by atoms with Gasteiger partial charge in [-0.3, -0.25) is 0 Å². The smallest absolute Gasteiger partial charge is 0.321 e. The van der Waals surface area contributed by atoms with Crippen LogP contribution in [-0.4, -0.2) is 57.4 Å². The number of urea groups is 1. The van der Waals surface area contributed by atoms with Crippen LogP contribution in [0.2, 0.25) is 0 Å². The predicted octanol–water partition coefficient (Wildman–Crippen LogP) is 6.71. The number of methoxy groups -OCH3 is 4. The summed E-state index contributed by atoms with van der Waals surface area (Å²) < 4.78 is 50.5. The van der Waals surface area contributed by atoms with Gasteiger partial charge >= 0.3 is 6.03 Å². The van der Waals surface area contributed by atoms with Crippen molar-refractivity contribution in [1.29, 1.82) is 0 Å². The number of hydrogen-bond donors (Lipinski definition) is 0. The second kappa shape index (κ2) is 12.1. The number of carbonyl (C=O) groups is 1. The number of halogens is 2. The summed E-state index contributed by atoms with van der Waals surface area (Å²) in [6, 6.07) is 19.0. The molecule has 2 amide bonds. The molecule has 0 unspecified atom stereocenters. The van der Waals surface area contributed by atoms with Gasteiger partial charge in [-0.25, -0.2) is 13.6 Å². The molecule has 4 aromatic rings. The lowest BCUT2D eigenvalue weighted by atomic mass is 9.86. The van der Waals surface area contributed by atoms with E-state index in [9.17, 15) is 13.6 Å². The van der Waals surface area contributed by atoms with Crippen molar-refractivity contribution in [3.8, 4) is 23.0 Å². The summed E-state index contributed by atoms with van der Waals surface area (Å²) in [6.45, 7) is 0.851. The lowest BCUT2D eigenvalue weighted by Crippen LogP contribution is -2.51. The van der Waals surface area contributed by atoms with Gasteiger partial charge in [0.1, 0.15) is 11.6 Å². The normalized spacial score (nSPS) is 17.4. The van der Waals surface area contributed by atoms with E-state index in [4.69, 9.17) is 18.9 Å². The summed E-state index contributed by atoms with van der Waals surface area (Å²) in [6.07, 6.45) is 1.19. The van der Waals surface area contributed by atoms with Crippen LogP contribution in [0.1, 0.15) is 45.5 Å². The average molecular weight is 601 g/mol. The Morgan fingerprint density at radius 2 is 0.932 bits per heavy atom. The topological polar surface area (TPSA) is 60.5 Å². The molecule has 44 heavy (non-hydrogen) atoms. The zero-order valence-electron chi connectivity index (χ0n) is 25.1. The highest BCUT2D eigenvalue weighted by atomic mass is 19.1. The zero-order valence-corrected chi connectivity index (χ0v) is 25.1. The third-order valence-electron chi connectivity index (χ3n) is 8.61. The lowest BCUT2D eigenvalue weighted by Gasteiger charge is -2.45. The number of nitrogens with zero attached hydrogens (tertiary/aromatic N) is 2. The standard InChI is InChI=1S/C35H34F2N2O5/c1-41-29-17-23-13-15-38(33(27(23)19-31(29)43-3)21-5-9-25(36)10-6-21)35(40)39-16-14-24-18-30(42-2)32(44-4)20-28(24)34(39)22-7-11-26(37)12-8-22/h5-12,17-20,33-34H,13-16H2,1-4H3/t33-,34+. The molecule has 228 valence electrons. The van der Waals surface area contributed by atoms with Gasteiger partial charge in [0, 0.05) is 13.1 Å². The Morgan fingerprint density at radius 3 is 1.27 bits per heavy atom. The predicted molar refractivity (Wildman–Crippen MR) is 162 cm³/mol. The van der Waals surface area contributed by atoms with E-state index in [1.165, 1.54) is 24.3 Å². The Bertz CT molecular complexity index is 1550. The highest BCUT2D eigenvalue weighted by Gasteiger charge is 2.40. The molecule has 0 aliphatic carbocycles. The Balaban J connectivity index is 1.47. The summed E-state index contributed by atoms with van der Waals surface area (Å²) in [5.41, 5.74) is 5.37. The number of benzene rings is 4. The molecule has 0 spiro atoms. The molecule has 0 N–H and O–H groups in total. The fourth-order valence-corrected chi connectivity index (χ4v) is 6.48. The summed E-state index contributed by atoms with van der Waals surface area (Å²) in [5, 5.41) is 0. The van der Waals surface area contributed by atoms with E-state index in [-0.39, 0.29) is 17.7 Å². The maximum atomic E-state index is 14.8. The first-order valence-corrected chi connectivity index (χ1v) is 14.4. The largest absolute Gasteiger partial charge is 0.493 e. The molecule has 0 saturated carbocycles. The van der Waals surface area contributed by atoms with E-state index < -0.39 is 12.1 Å². The summed E-state index contributed by atoms with van der Waals surface area (Å²) in [4.78, 5) is 18.5. The lowest BCUT2D eigenvalue weighted by molar-refractivity contribution is 0.123. The minimum Gasteiger partial charge on any atom is -0.493 e. The molecule has 9 heteroatoms. The molecule has 0 fully saturated rings. The van der Waals surface area contributed by atoms with Gasteiger partial charge in [0.2, 0.25) is 0 Å². The molecule has 0 radical (unpaired) electrons. The Morgan fingerprint density at radius 1 is 0.591 bits per heavy atom. The van der Waals surface area contributed by atoms with Crippen molar-refractivity contribution in [2.45, 2.75) is 24.9 Å². The van der Waals surface area contributed by atoms with Gasteiger partial charge in [-0.1, -0.05) is 24.3 Å². The third kappa shape index (κ3) is 5.16. The zero-order chi connectivity index (χ0) is 31.0. The molecule has 2 heterocycles. The van der Waals surface area contributed by atoms with Gasteiger partial charge in [0.15, 0.2) is 23.0 Å². The van der Waals surface area contributed by atoms with Crippen LogP contribution in [0.4, 0.5) is 13.6 Å². The molecule has 0 saturated heterocycles. The first kappa shape index (κ1) is 29.3. The second-order valence-corrected chi connectivity index (χ2v) is 10.9. The van der Waals surface area contributed by atoms with Crippen LogP contribution in [-0.2, 0) is 12.8 Å². The highest BCUT2D eigenvalue weighted by molar-refractivity contribution is 5.78. The van der Waals surface area contributed by atoms with E-state index >= 15 is 0 Å². The molecular formula is C35H34F2N2O5. The van der Waals surface area contributed by atoms with Crippen LogP contribution in [0.25, 0.3) is 0 Å². The average Bonchev–Trinajstić information content (AvgIpc) is 3.06. The molecule has 2 aliphatic heterocycles. The molecule has 0 bridgehead atoms. The number of carbonyl (C=O) groups excluding carboxylic acids is 1.